The Bertz CT molecular complexity index is 429. The second kappa shape index (κ2) is 3.49. The number of carbonyl (C=O) groups excluding carboxylic acids is 1. The molecule has 2 aromatic heterocycles. The first-order valence-corrected chi connectivity index (χ1v) is 4.30. The molecule has 72 valence electrons. The Labute approximate surface area is 81.1 Å². The number of ether oxygens (including phenoxy) is 1. The Morgan fingerprint density at radius 2 is 2.43 bits per heavy atom. The van der Waals surface area contributed by atoms with Crippen molar-refractivity contribution in [2.24, 2.45) is 0 Å². The van der Waals surface area contributed by atoms with Gasteiger partial charge in [0.25, 0.3) is 0 Å². The van der Waals surface area contributed by atoms with Crippen LogP contribution in [0.3, 0.4) is 0 Å². The number of hydrogen-bond donors (Lipinski definition) is 0. The monoisotopic (exact) mass is 190 g/mol. The van der Waals surface area contributed by atoms with Gasteiger partial charge in [0, 0.05) is 6.20 Å². The third-order valence-corrected chi connectivity index (χ3v) is 1.97. The van der Waals surface area contributed by atoms with Crippen molar-refractivity contribution in [2.75, 3.05) is 7.11 Å². The molecule has 2 aromatic rings. The van der Waals surface area contributed by atoms with E-state index in [-0.39, 0.29) is 12.4 Å². The van der Waals surface area contributed by atoms with Crippen molar-refractivity contribution >= 4 is 11.5 Å². The van der Waals surface area contributed by atoms with Crippen molar-refractivity contribution in [3.63, 3.8) is 0 Å². The lowest BCUT2D eigenvalue weighted by Crippen LogP contribution is -2.04. The van der Waals surface area contributed by atoms with E-state index in [4.69, 9.17) is 0 Å². The van der Waals surface area contributed by atoms with Gasteiger partial charge in [0.05, 0.1) is 24.7 Å². The van der Waals surface area contributed by atoms with Crippen LogP contribution in [0.25, 0.3) is 5.52 Å². The van der Waals surface area contributed by atoms with E-state index in [2.05, 4.69) is 9.84 Å². The van der Waals surface area contributed by atoms with Crippen LogP contribution in [-0.2, 0) is 16.0 Å². The standard InChI is InChI=1S/C10H10N2O2/c1-14-10(13)7-8-6-9-4-2-3-5-12(9)11-8/h2-6H,7H2,1H3. The van der Waals surface area contributed by atoms with Crippen LogP contribution in [0, 0.1) is 0 Å². The third kappa shape index (κ3) is 1.59. The molecular weight excluding hydrogens is 180 g/mol. The molecule has 0 aliphatic heterocycles. The predicted octanol–water partition coefficient (Wildman–Crippen LogP) is 1.05. The topological polar surface area (TPSA) is 43.6 Å². The van der Waals surface area contributed by atoms with E-state index >= 15 is 0 Å². The molecule has 0 radical (unpaired) electrons. The third-order valence-electron chi connectivity index (χ3n) is 1.97. The van der Waals surface area contributed by atoms with Crippen molar-refractivity contribution in [1.82, 2.24) is 9.61 Å². The number of carbonyl (C=O) groups is 1. The van der Waals surface area contributed by atoms with Gasteiger partial charge in [-0.2, -0.15) is 5.10 Å². The summed E-state index contributed by atoms with van der Waals surface area (Å²) in [5.74, 6) is -0.270. The van der Waals surface area contributed by atoms with Crippen molar-refractivity contribution < 1.29 is 9.53 Å². The van der Waals surface area contributed by atoms with Crippen LogP contribution in [-0.4, -0.2) is 22.7 Å². The summed E-state index contributed by atoms with van der Waals surface area (Å²) >= 11 is 0. The van der Waals surface area contributed by atoms with E-state index in [9.17, 15) is 4.79 Å². The summed E-state index contributed by atoms with van der Waals surface area (Å²) in [6, 6.07) is 7.63. The van der Waals surface area contributed by atoms with Crippen molar-refractivity contribution in [2.45, 2.75) is 6.42 Å². The number of nitrogens with zero attached hydrogens (tertiary/aromatic N) is 2. The molecule has 0 saturated heterocycles. The largest absolute Gasteiger partial charge is 0.469 e. The summed E-state index contributed by atoms with van der Waals surface area (Å²) in [4.78, 5) is 11.0. The minimum atomic E-state index is -0.270. The fraction of sp³-hybridized carbons (Fsp3) is 0.200. The van der Waals surface area contributed by atoms with Crippen molar-refractivity contribution in [1.29, 1.82) is 0 Å². The molecule has 0 bridgehead atoms. The Morgan fingerprint density at radius 1 is 1.57 bits per heavy atom. The first kappa shape index (κ1) is 8.74. The van der Waals surface area contributed by atoms with Crippen molar-refractivity contribution in [3.8, 4) is 0 Å². The molecule has 0 aliphatic carbocycles. The quantitative estimate of drug-likeness (QED) is 0.665. The van der Waals surface area contributed by atoms with Gasteiger partial charge in [0.2, 0.25) is 0 Å². The van der Waals surface area contributed by atoms with Gasteiger partial charge in [0.15, 0.2) is 0 Å². The lowest BCUT2D eigenvalue weighted by molar-refractivity contribution is -0.139. The summed E-state index contributed by atoms with van der Waals surface area (Å²) in [5, 5.41) is 4.22. The van der Waals surface area contributed by atoms with E-state index in [0.29, 0.717) is 0 Å². The lowest BCUT2D eigenvalue weighted by Gasteiger charge is -1.93. The molecule has 0 saturated carbocycles. The summed E-state index contributed by atoms with van der Waals surface area (Å²) in [6.45, 7) is 0. The van der Waals surface area contributed by atoms with Gasteiger partial charge in [-0.1, -0.05) is 6.07 Å². The van der Waals surface area contributed by atoms with Crippen LogP contribution in [0.4, 0.5) is 0 Å². The van der Waals surface area contributed by atoms with Crippen LogP contribution in [0.1, 0.15) is 5.69 Å². The molecule has 0 atom stereocenters. The summed E-state index contributed by atoms with van der Waals surface area (Å²) in [5.41, 5.74) is 1.70. The maximum Gasteiger partial charge on any atom is 0.311 e. The minimum absolute atomic E-state index is 0.220. The molecule has 2 rings (SSSR count). The highest BCUT2D eigenvalue weighted by Crippen LogP contribution is 2.06. The summed E-state index contributed by atoms with van der Waals surface area (Å²) < 4.78 is 6.30. The van der Waals surface area contributed by atoms with Gasteiger partial charge in [-0.15, -0.1) is 0 Å². The number of pyridine rings is 1. The molecule has 0 aliphatic rings. The van der Waals surface area contributed by atoms with E-state index in [0.717, 1.165) is 11.2 Å². The van der Waals surface area contributed by atoms with Crippen LogP contribution < -0.4 is 0 Å². The van der Waals surface area contributed by atoms with Gasteiger partial charge in [0.1, 0.15) is 0 Å². The van der Waals surface area contributed by atoms with Gasteiger partial charge in [-0.25, -0.2) is 4.52 Å². The predicted molar refractivity (Wildman–Crippen MR) is 50.9 cm³/mol. The molecule has 4 nitrogen and oxygen atoms in total. The zero-order valence-corrected chi connectivity index (χ0v) is 7.80. The average molecular weight is 190 g/mol. The number of fused-ring (bicyclic) bond motifs is 1. The Morgan fingerprint density at radius 3 is 3.14 bits per heavy atom. The van der Waals surface area contributed by atoms with Crippen LogP contribution >= 0.6 is 0 Å². The van der Waals surface area contributed by atoms with E-state index in [1.165, 1.54) is 7.11 Å². The molecule has 0 amide bonds. The fourth-order valence-electron chi connectivity index (χ4n) is 1.30. The Balaban J connectivity index is 2.31. The highest BCUT2D eigenvalue weighted by atomic mass is 16.5. The lowest BCUT2D eigenvalue weighted by atomic mass is 10.3. The molecule has 14 heavy (non-hydrogen) atoms. The molecule has 0 aromatic carbocycles. The minimum Gasteiger partial charge on any atom is -0.469 e. The fourth-order valence-corrected chi connectivity index (χ4v) is 1.30. The van der Waals surface area contributed by atoms with E-state index in [1.54, 1.807) is 4.52 Å². The van der Waals surface area contributed by atoms with Crippen LogP contribution in [0.2, 0.25) is 0 Å². The zero-order chi connectivity index (χ0) is 9.97. The second-order valence-electron chi connectivity index (χ2n) is 2.96. The number of rotatable bonds is 2. The van der Waals surface area contributed by atoms with Crippen LogP contribution in [0.5, 0.6) is 0 Å². The zero-order valence-electron chi connectivity index (χ0n) is 7.80. The number of esters is 1. The van der Waals surface area contributed by atoms with Gasteiger partial charge in [-0.05, 0) is 18.2 Å². The van der Waals surface area contributed by atoms with Gasteiger partial charge >= 0.3 is 5.97 Å². The SMILES string of the molecule is COC(=O)Cc1cc2ccccn2n1. The van der Waals surface area contributed by atoms with Gasteiger partial charge in [-0.3, -0.25) is 4.79 Å². The number of aromatic nitrogens is 2. The Hall–Kier alpha value is -1.84. The molecule has 0 N–H and O–H groups in total. The van der Waals surface area contributed by atoms with Crippen LogP contribution in [0.15, 0.2) is 30.5 Å². The molecular formula is C10H10N2O2. The molecule has 0 spiro atoms. The second-order valence-corrected chi connectivity index (χ2v) is 2.96. The molecule has 2 heterocycles. The summed E-state index contributed by atoms with van der Waals surface area (Å²) in [6.07, 6.45) is 2.06. The molecule has 4 heteroatoms. The Kier molecular flexibility index (Phi) is 2.18. The average Bonchev–Trinajstić information content (AvgIpc) is 2.59. The maximum atomic E-state index is 11.0. The van der Waals surface area contributed by atoms with Crippen molar-refractivity contribution in [3.05, 3.63) is 36.2 Å². The normalized spacial score (nSPS) is 10.4. The van der Waals surface area contributed by atoms with E-state index in [1.807, 2.05) is 30.5 Å². The highest BCUT2D eigenvalue weighted by molar-refractivity contribution is 5.72. The van der Waals surface area contributed by atoms with E-state index < -0.39 is 0 Å². The molecule has 0 unspecified atom stereocenters. The number of methoxy groups -OCH3 is 1. The first-order valence-electron chi connectivity index (χ1n) is 4.30. The highest BCUT2D eigenvalue weighted by Gasteiger charge is 2.06. The van der Waals surface area contributed by atoms with Gasteiger partial charge < -0.3 is 4.74 Å². The molecule has 0 fully saturated rings. The maximum absolute atomic E-state index is 11.0. The summed E-state index contributed by atoms with van der Waals surface area (Å²) in [7, 11) is 1.37. The first-order chi connectivity index (χ1) is 6.79. The smallest absolute Gasteiger partial charge is 0.311 e. The number of hydrogen-bond acceptors (Lipinski definition) is 3.